The standard InChI is InChI=1S/C50H84N4O12/c1-15-21-51-28-50(59)34(8)62-40(26-48(50,10)60-14)65-41-31(5)44(47(9,57)25-29(3)27-53-33(7)43(55)49(11,58)39(16-2)64-45(56)32(41)6)66-46-42(38(54(12)13)23-30(4)61-46)63-36-19-20-37-35(24-36)18-17-22-52-37/h17-20,22,24,29-34,38-44,46,51,53,55,57-59H,15-16,21,23,25-28H2,1-14H3/t29-,30-,31+,32-,33-,34+,38+,39-,40+,41+,42-,43-,44-,46+,47-,48-,49-,50+/m1/s1. The summed E-state index contributed by atoms with van der Waals surface area (Å²) in [5, 5.41) is 56.1. The molecule has 2 aromatic rings. The van der Waals surface area contributed by atoms with Crippen molar-refractivity contribution in [3.8, 4) is 5.75 Å². The van der Waals surface area contributed by atoms with Crippen LogP contribution < -0.4 is 15.4 Å². The molecule has 0 saturated carbocycles. The summed E-state index contributed by atoms with van der Waals surface area (Å²) >= 11 is 0. The third kappa shape index (κ3) is 12.0. The smallest absolute Gasteiger partial charge is 0.311 e. The fourth-order valence-corrected chi connectivity index (χ4v) is 10.6. The molecule has 4 heterocycles. The number of cyclic esters (lactones) is 1. The van der Waals surface area contributed by atoms with Crippen LogP contribution in [0.25, 0.3) is 10.9 Å². The number of ether oxygens (including phenoxy) is 7. The number of esters is 1. The van der Waals surface area contributed by atoms with Crippen molar-refractivity contribution in [3.05, 3.63) is 36.5 Å². The van der Waals surface area contributed by atoms with Gasteiger partial charge in [0.25, 0.3) is 0 Å². The number of aliphatic hydroxyl groups is 4. The number of pyridine rings is 1. The summed E-state index contributed by atoms with van der Waals surface area (Å²) in [6, 6.07) is 8.81. The maximum atomic E-state index is 14.6. The van der Waals surface area contributed by atoms with Gasteiger partial charge in [-0.2, -0.15) is 0 Å². The third-order valence-electron chi connectivity index (χ3n) is 14.8. The number of benzene rings is 1. The maximum Gasteiger partial charge on any atom is 0.311 e. The van der Waals surface area contributed by atoms with Crippen LogP contribution in [0.5, 0.6) is 5.75 Å². The molecular formula is C50H84N4O12. The van der Waals surface area contributed by atoms with Crippen LogP contribution in [-0.2, 0) is 33.2 Å². The summed E-state index contributed by atoms with van der Waals surface area (Å²) < 4.78 is 46.6. The highest BCUT2D eigenvalue weighted by Gasteiger charge is 2.58. The van der Waals surface area contributed by atoms with Gasteiger partial charge in [0.2, 0.25) is 0 Å². The van der Waals surface area contributed by atoms with E-state index in [1.807, 2.05) is 79.0 Å². The maximum absolute atomic E-state index is 14.6. The molecule has 3 aliphatic heterocycles. The molecular weight excluding hydrogens is 849 g/mol. The second-order valence-electron chi connectivity index (χ2n) is 20.6. The lowest BCUT2D eigenvalue weighted by molar-refractivity contribution is -0.335. The van der Waals surface area contributed by atoms with E-state index >= 15 is 0 Å². The lowest BCUT2D eigenvalue weighted by atomic mass is 9.75. The van der Waals surface area contributed by atoms with Gasteiger partial charge in [0.05, 0.1) is 47.5 Å². The van der Waals surface area contributed by atoms with Crippen LogP contribution in [0.15, 0.2) is 36.5 Å². The van der Waals surface area contributed by atoms with Crippen molar-refractivity contribution in [2.75, 3.05) is 40.8 Å². The van der Waals surface area contributed by atoms with E-state index in [1.54, 1.807) is 47.9 Å². The van der Waals surface area contributed by atoms with Crippen molar-refractivity contribution in [3.63, 3.8) is 0 Å². The molecule has 66 heavy (non-hydrogen) atoms. The number of carbonyl (C=O) groups is 1. The fourth-order valence-electron chi connectivity index (χ4n) is 10.6. The van der Waals surface area contributed by atoms with Crippen molar-refractivity contribution in [2.24, 2.45) is 17.8 Å². The second-order valence-corrected chi connectivity index (χ2v) is 20.6. The van der Waals surface area contributed by atoms with E-state index in [0.717, 1.165) is 17.3 Å². The van der Waals surface area contributed by atoms with Crippen molar-refractivity contribution < 1.29 is 58.4 Å². The Morgan fingerprint density at radius 2 is 1.68 bits per heavy atom. The highest BCUT2D eigenvalue weighted by atomic mass is 16.7. The number of carbonyl (C=O) groups excluding carboxylic acids is 1. The van der Waals surface area contributed by atoms with Gasteiger partial charge in [-0.25, -0.2) is 0 Å². The monoisotopic (exact) mass is 933 g/mol. The Hall–Kier alpha value is -2.58. The van der Waals surface area contributed by atoms with Gasteiger partial charge >= 0.3 is 5.97 Å². The number of nitrogens with zero attached hydrogens (tertiary/aromatic N) is 2. The molecule has 3 aliphatic rings. The van der Waals surface area contributed by atoms with Gasteiger partial charge in [-0.05, 0) is 132 Å². The summed E-state index contributed by atoms with van der Waals surface area (Å²) in [6.07, 6.45) is -4.44. The van der Waals surface area contributed by atoms with Crippen molar-refractivity contribution in [2.45, 2.75) is 198 Å². The van der Waals surface area contributed by atoms with Gasteiger partial charge in [0, 0.05) is 43.6 Å². The number of fused-ring (bicyclic) bond motifs is 1. The predicted molar refractivity (Wildman–Crippen MR) is 252 cm³/mol. The highest BCUT2D eigenvalue weighted by molar-refractivity contribution is 5.79. The molecule has 0 radical (unpaired) electrons. The summed E-state index contributed by atoms with van der Waals surface area (Å²) in [6.45, 7) is 21.2. The van der Waals surface area contributed by atoms with Crippen molar-refractivity contribution in [1.82, 2.24) is 20.5 Å². The van der Waals surface area contributed by atoms with E-state index in [4.69, 9.17) is 33.2 Å². The van der Waals surface area contributed by atoms with Gasteiger partial charge in [0.15, 0.2) is 18.7 Å². The Kier molecular flexibility index (Phi) is 18.5. The Balaban J connectivity index is 1.61. The number of aromatic nitrogens is 1. The quantitative estimate of drug-likeness (QED) is 0.120. The molecule has 6 N–H and O–H groups in total. The summed E-state index contributed by atoms with van der Waals surface area (Å²) in [5.74, 6) is -2.08. The zero-order valence-electron chi connectivity index (χ0n) is 42.2. The molecule has 5 rings (SSSR count). The number of aliphatic hydroxyl groups excluding tert-OH is 1. The normalized spacial score (nSPS) is 42.4. The summed E-state index contributed by atoms with van der Waals surface area (Å²) in [7, 11) is 5.54. The van der Waals surface area contributed by atoms with Crippen molar-refractivity contribution in [1.29, 1.82) is 0 Å². The zero-order chi connectivity index (χ0) is 48.9. The van der Waals surface area contributed by atoms with Crippen LogP contribution in [0.4, 0.5) is 0 Å². The van der Waals surface area contributed by atoms with Gasteiger partial charge in [-0.3, -0.25) is 9.78 Å². The van der Waals surface area contributed by atoms with Crippen LogP contribution in [-0.4, -0.2) is 167 Å². The molecule has 1 aromatic heterocycles. The van der Waals surface area contributed by atoms with Gasteiger partial charge in [-0.15, -0.1) is 0 Å². The molecule has 16 nitrogen and oxygen atoms in total. The molecule has 1 aromatic carbocycles. The summed E-state index contributed by atoms with van der Waals surface area (Å²) in [4.78, 5) is 21.2. The molecule has 16 heteroatoms. The number of methoxy groups -OCH3 is 1. The van der Waals surface area contributed by atoms with Crippen LogP contribution in [0.2, 0.25) is 0 Å². The van der Waals surface area contributed by atoms with Crippen LogP contribution in [0.1, 0.15) is 108 Å². The van der Waals surface area contributed by atoms with E-state index in [9.17, 15) is 25.2 Å². The lowest BCUT2D eigenvalue weighted by Gasteiger charge is -2.53. The van der Waals surface area contributed by atoms with E-state index in [0.29, 0.717) is 25.3 Å². The summed E-state index contributed by atoms with van der Waals surface area (Å²) in [5.41, 5.74) is -5.18. The third-order valence-corrected chi connectivity index (χ3v) is 14.8. The SMILES string of the molecule is CCCNC[C@]1(O)[C@H](C)O[C@@H](O[C@H]2[C@H](C)[C@@H](O[C@@H]3O[C@H](C)C[C@H](N(C)C)[C@H]3Oc3ccc4ncccc4c3)[C@](C)(O)C[C@@H](C)CN[C@H](C)[C@@H](O)[C@](C)(O)[C@@H](CC)OC(=O)[C@@H]2C)C[C@@]1(C)OC. The van der Waals surface area contributed by atoms with Crippen LogP contribution >= 0.6 is 0 Å². The van der Waals surface area contributed by atoms with E-state index in [-0.39, 0.29) is 43.9 Å². The molecule has 0 aliphatic carbocycles. The average molecular weight is 933 g/mol. The minimum atomic E-state index is -1.83. The molecule has 18 atom stereocenters. The second kappa shape index (κ2) is 22.4. The number of hydrogen-bond donors (Lipinski definition) is 6. The zero-order valence-corrected chi connectivity index (χ0v) is 42.2. The van der Waals surface area contributed by atoms with Gasteiger partial charge in [-0.1, -0.05) is 33.8 Å². The molecule has 3 fully saturated rings. The minimum absolute atomic E-state index is 0.0923. The number of rotatable bonds is 13. The van der Waals surface area contributed by atoms with Gasteiger partial charge < -0.3 is 69.1 Å². The van der Waals surface area contributed by atoms with Crippen LogP contribution in [0, 0.1) is 17.8 Å². The number of likely N-dealkylation sites (N-methyl/N-ethyl adjacent to an activating group) is 1. The average Bonchev–Trinajstić information content (AvgIpc) is 3.26. The van der Waals surface area contributed by atoms with Crippen molar-refractivity contribution >= 4 is 16.9 Å². The Labute approximate surface area is 393 Å². The lowest BCUT2D eigenvalue weighted by Crippen LogP contribution is -2.70. The first-order chi connectivity index (χ1) is 30.9. The minimum Gasteiger partial charge on any atom is -0.483 e. The van der Waals surface area contributed by atoms with Gasteiger partial charge in [0.1, 0.15) is 34.8 Å². The highest BCUT2D eigenvalue weighted by Crippen LogP contribution is 2.43. The Morgan fingerprint density at radius 3 is 2.33 bits per heavy atom. The van der Waals surface area contributed by atoms with E-state index in [2.05, 4.69) is 20.5 Å². The molecule has 0 spiro atoms. The molecule has 0 bridgehead atoms. The van der Waals surface area contributed by atoms with Crippen LogP contribution in [0.3, 0.4) is 0 Å². The molecule has 0 unspecified atom stereocenters. The number of nitrogens with one attached hydrogen (secondary N) is 2. The fraction of sp³-hybridized carbons (Fsp3) is 0.800. The number of hydrogen-bond acceptors (Lipinski definition) is 16. The first-order valence-corrected chi connectivity index (χ1v) is 24.3. The Morgan fingerprint density at radius 1 is 0.970 bits per heavy atom. The topological polar surface area (TPSA) is 203 Å². The van der Waals surface area contributed by atoms with E-state index < -0.39 is 95.5 Å². The largest absolute Gasteiger partial charge is 0.483 e. The van der Waals surface area contributed by atoms with E-state index in [1.165, 1.54) is 6.92 Å². The Bertz CT molecular complexity index is 1860. The molecule has 3 saturated heterocycles. The predicted octanol–water partition coefficient (Wildman–Crippen LogP) is 4.56. The first-order valence-electron chi connectivity index (χ1n) is 24.3. The molecule has 0 amide bonds. The molecule has 376 valence electrons. The first kappa shape index (κ1) is 54.4.